The number of amides is 1. The maximum Gasteiger partial charge on any atom is 0.279 e. The standard InChI is InChI=1S/C34H40FN3O4Si/c1-24-30(18-15-25-13-16-28(17-14-25)38-34(41)29-12-8-7-11-27(29)22-36-38)42-31(33(24)43(2,3)35)21-32(40)37(19-20-39)23-26-9-5-4-6-10-26/h4-14,16-17,22,24,30-31,33,39H,15,18-21,23H2,1-3H3/t24-,30+,31-,33+/m1/s1. The molecular weight excluding hydrogens is 561 g/mol. The number of aryl methyl sites for hydroxylation is 1. The molecule has 7 nitrogen and oxygen atoms in total. The van der Waals surface area contributed by atoms with E-state index in [0.29, 0.717) is 24.0 Å². The van der Waals surface area contributed by atoms with Crippen molar-refractivity contribution < 1.29 is 18.7 Å². The lowest BCUT2D eigenvalue weighted by Crippen LogP contribution is -2.40. The number of halogens is 1. The van der Waals surface area contributed by atoms with E-state index in [1.54, 1.807) is 30.3 Å². The van der Waals surface area contributed by atoms with Crippen LogP contribution in [-0.4, -0.2) is 59.5 Å². The highest BCUT2D eigenvalue weighted by Crippen LogP contribution is 2.47. The number of benzene rings is 3. The number of nitrogens with zero attached hydrogens (tertiary/aromatic N) is 3. The number of carbonyl (C=O) groups is 1. The van der Waals surface area contributed by atoms with E-state index in [1.807, 2.05) is 79.7 Å². The van der Waals surface area contributed by atoms with Gasteiger partial charge in [0.25, 0.3) is 5.56 Å². The lowest BCUT2D eigenvalue weighted by atomic mass is 9.95. The monoisotopic (exact) mass is 601 g/mol. The average Bonchev–Trinajstić information content (AvgIpc) is 3.31. The molecule has 1 aliphatic rings. The lowest BCUT2D eigenvalue weighted by Gasteiger charge is -2.30. The van der Waals surface area contributed by atoms with Crippen molar-refractivity contribution in [3.05, 3.63) is 107 Å². The van der Waals surface area contributed by atoms with Gasteiger partial charge in [-0.1, -0.05) is 67.6 Å². The third kappa shape index (κ3) is 7.12. The van der Waals surface area contributed by atoms with Gasteiger partial charge >= 0.3 is 0 Å². The quantitative estimate of drug-likeness (QED) is 0.177. The van der Waals surface area contributed by atoms with Crippen molar-refractivity contribution in [3.63, 3.8) is 0 Å². The van der Waals surface area contributed by atoms with Crippen LogP contribution in [-0.2, 0) is 22.5 Å². The molecule has 0 saturated carbocycles. The molecule has 1 amide bonds. The zero-order valence-electron chi connectivity index (χ0n) is 25.0. The fraction of sp³-hybridized carbons (Fsp3) is 0.382. The van der Waals surface area contributed by atoms with E-state index in [4.69, 9.17) is 4.74 Å². The van der Waals surface area contributed by atoms with Gasteiger partial charge in [0.05, 0.1) is 42.5 Å². The van der Waals surface area contributed by atoms with Crippen molar-refractivity contribution in [2.75, 3.05) is 13.2 Å². The molecule has 0 spiro atoms. The lowest BCUT2D eigenvalue weighted by molar-refractivity contribution is -0.135. The van der Waals surface area contributed by atoms with Crippen LogP contribution in [0.1, 0.15) is 30.9 Å². The summed E-state index contributed by atoms with van der Waals surface area (Å²) < 4.78 is 23.5. The molecule has 0 aliphatic carbocycles. The first-order valence-corrected chi connectivity index (χ1v) is 17.9. The van der Waals surface area contributed by atoms with Crippen LogP contribution in [0.25, 0.3) is 16.5 Å². The molecule has 9 heteroatoms. The van der Waals surface area contributed by atoms with Gasteiger partial charge in [-0.05, 0) is 61.2 Å². The van der Waals surface area contributed by atoms with Crippen LogP contribution in [0.15, 0.2) is 89.9 Å². The van der Waals surface area contributed by atoms with Gasteiger partial charge < -0.3 is 18.9 Å². The summed E-state index contributed by atoms with van der Waals surface area (Å²) in [7, 11) is -3.15. The van der Waals surface area contributed by atoms with Gasteiger partial charge in [0.1, 0.15) is 0 Å². The highest BCUT2D eigenvalue weighted by molar-refractivity contribution is 6.72. The van der Waals surface area contributed by atoms with Crippen molar-refractivity contribution in [3.8, 4) is 5.69 Å². The Morgan fingerprint density at radius 1 is 1.00 bits per heavy atom. The van der Waals surface area contributed by atoms with Crippen molar-refractivity contribution >= 4 is 25.1 Å². The van der Waals surface area contributed by atoms with E-state index >= 15 is 4.11 Å². The van der Waals surface area contributed by atoms with Gasteiger partial charge in [-0.15, -0.1) is 0 Å². The molecule has 0 radical (unpaired) electrons. The molecule has 1 aliphatic heterocycles. The maximum absolute atomic E-state index is 15.7. The molecule has 3 aromatic carbocycles. The first kappa shape index (κ1) is 30.8. The molecule has 1 saturated heterocycles. The predicted octanol–water partition coefficient (Wildman–Crippen LogP) is 5.68. The van der Waals surface area contributed by atoms with E-state index in [1.165, 1.54) is 4.68 Å². The van der Waals surface area contributed by atoms with E-state index in [0.717, 1.165) is 22.9 Å². The Hall–Kier alpha value is -3.66. The molecule has 1 aromatic heterocycles. The van der Waals surface area contributed by atoms with Crippen LogP contribution >= 0.6 is 0 Å². The molecule has 0 unspecified atom stereocenters. The average molecular weight is 602 g/mol. The molecule has 4 atom stereocenters. The summed E-state index contributed by atoms with van der Waals surface area (Å²) in [5.74, 6) is -0.156. The molecule has 4 aromatic rings. The third-order valence-corrected chi connectivity index (χ3v) is 11.1. The molecule has 43 heavy (non-hydrogen) atoms. The number of aliphatic hydroxyl groups is 1. The summed E-state index contributed by atoms with van der Waals surface area (Å²) in [5, 5.41) is 15.4. The summed E-state index contributed by atoms with van der Waals surface area (Å²) >= 11 is 0. The maximum atomic E-state index is 15.7. The summed E-state index contributed by atoms with van der Waals surface area (Å²) in [4.78, 5) is 28.0. The highest BCUT2D eigenvalue weighted by atomic mass is 28.4. The van der Waals surface area contributed by atoms with Gasteiger partial charge in [-0.3, -0.25) is 9.59 Å². The number of hydrogen-bond donors (Lipinski definition) is 1. The summed E-state index contributed by atoms with van der Waals surface area (Å²) in [6.45, 7) is 5.93. The van der Waals surface area contributed by atoms with Crippen LogP contribution in [0.2, 0.25) is 18.6 Å². The molecule has 0 bridgehead atoms. The van der Waals surface area contributed by atoms with Gasteiger partial charge in [0.15, 0.2) is 0 Å². The van der Waals surface area contributed by atoms with E-state index in [-0.39, 0.29) is 48.6 Å². The van der Waals surface area contributed by atoms with Crippen molar-refractivity contribution in [1.82, 2.24) is 14.7 Å². The van der Waals surface area contributed by atoms with E-state index in [9.17, 15) is 14.7 Å². The normalized spacial score (nSPS) is 20.4. The Labute approximate surface area is 253 Å². The topological polar surface area (TPSA) is 84.7 Å². The molecular formula is C34H40FN3O4Si. The Morgan fingerprint density at radius 2 is 1.70 bits per heavy atom. The number of rotatable bonds is 11. The Morgan fingerprint density at radius 3 is 2.40 bits per heavy atom. The fourth-order valence-corrected chi connectivity index (χ4v) is 9.03. The van der Waals surface area contributed by atoms with Crippen LogP contribution in [0.5, 0.6) is 0 Å². The second-order valence-electron chi connectivity index (χ2n) is 12.0. The predicted molar refractivity (Wildman–Crippen MR) is 169 cm³/mol. The Kier molecular flexibility index (Phi) is 9.54. The Balaban J connectivity index is 1.25. The van der Waals surface area contributed by atoms with Crippen LogP contribution in [0.4, 0.5) is 4.11 Å². The minimum absolute atomic E-state index is 0.0236. The van der Waals surface area contributed by atoms with E-state index in [2.05, 4.69) is 5.10 Å². The summed E-state index contributed by atoms with van der Waals surface area (Å²) in [6.07, 6.45) is 2.55. The van der Waals surface area contributed by atoms with Crippen molar-refractivity contribution in [2.24, 2.45) is 5.92 Å². The fourth-order valence-electron chi connectivity index (χ4n) is 6.48. The number of ether oxygens (including phenoxy) is 1. The molecule has 1 N–H and O–H groups in total. The van der Waals surface area contributed by atoms with Crippen LogP contribution in [0, 0.1) is 5.92 Å². The van der Waals surface area contributed by atoms with E-state index < -0.39 is 14.5 Å². The Bertz CT molecular complexity index is 1590. The first-order valence-electron chi connectivity index (χ1n) is 15.0. The number of carbonyl (C=O) groups excluding carboxylic acids is 1. The van der Waals surface area contributed by atoms with Gasteiger partial charge in [0, 0.05) is 24.0 Å². The summed E-state index contributed by atoms with van der Waals surface area (Å²) in [6, 6.07) is 24.8. The molecule has 2 heterocycles. The van der Waals surface area contributed by atoms with Crippen molar-refractivity contribution in [2.45, 2.75) is 63.6 Å². The summed E-state index contributed by atoms with van der Waals surface area (Å²) in [5.41, 5.74) is 2.29. The minimum Gasteiger partial charge on any atom is -0.395 e. The molecule has 1 fully saturated rings. The zero-order valence-corrected chi connectivity index (χ0v) is 26.0. The zero-order chi connectivity index (χ0) is 30.6. The second kappa shape index (κ2) is 13.3. The molecule has 226 valence electrons. The van der Waals surface area contributed by atoms with Crippen molar-refractivity contribution in [1.29, 1.82) is 0 Å². The SMILES string of the molecule is C[C@H]1[C@H]([Si](C)(C)F)[C@@H](CC(=O)N(CCO)Cc2ccccc2)O[C@H]1CCc1ccc(-n2ncc3ccccc3c2=O)cc1. The third-order valence-electron chi connectivity index (χ3n) is 8.60. The number of fused-ring (bicyclic) bond motifs is 1. The van der Waals surface area contributed by atoms with Gasteiger partial charge in [-0.2, -0.15) is 9.78 Å². The second-order valence-corrected chi connectivity index (χ2v) is 15.8. The van der Waals surface area contributed by atoms with Crippen LogP contribution in [0.3, 0.4) is 0 Å². The number of aromatic nitrogens is 2. The molecule has 5 rings (SSSR count). The largest absolute Gasteiger partial charge is 0.395 e. The number of aliphatic hydroxyl groups excluding tert-OH is 1. The highest BCUT2D eigenvalue weighted by Gasteiger charge is 2.51. The number of hydrogen-bond acceptors (Lipinski definition) is 5. The van der Waals surface area contributed by atoms with Gasteiger partial charge in [-0.25, -0.2) is 0 Å². The van der Waals surface area contributed by atoms with Gasteiger partial charge in [0.2, 0.25) is 14.3 Å². The smallest absolute Gasteiger partial charge is 0.279 e. The first-order chi connectivity index (χ1) is 20.7. The minimum atomic E-state index is -3.15. The van der Waals surface area contributed by atoms with Crippen LogP contribution < -0.4 is 5.56 Å².